The highest BCUT2D eigenvalue weighted by atomic mass is 28.4. The predicted octanol–water partition coefficient (Wildman–Crippen LogP) is 8.57. The molecule has 3 aromatic carbocycles. The Morgan fingerprint density at radius 3 is 2.49 bits per heavy atom. The fraction of sp³-hybridized carbons (Fsp3) is 0.400. The number of terminal acetylenes is 1. The number of nitrogens with zero attached hydrogens (tertiary/aromatic N) is 2. The highest BCUT2D eigenvalue weighted by Crippen LogP contribution is 2.63. The molecule has 4 unspecified atom stereocenters. The van der Waals surface area contributed by atoms with Crippen molar-refractivity contribution in [1.82, 2.24) is 0 Å². The van der Waals surface area contributed by atoms with E-state index in [9.17, 15) is 14.9 Å². The maximum atomic E-state index is 13.9. The van der Waals surface area contributed by atoms with Crippen molar-refractivity contribution in [3.63, 3.8) is 0 Å². The number of carbonyl (C=O) groups excluding carboxylic acids is 1. The van der Waals surface area contributed by atoms with Gasteiger partial charge in [0.05, 0.1) is 22.3 Å². The Bertz CT molecular complexity index is 1630. The molecular weight excluding hydrogens is 588 g/mol. The first-order chi connectivity index (χ1) is 21.8. The second-order valence-electron chi connectivity index (χ2n) is 11.9. The average molecular weight is 627 g/mol. The third-order valence-electron chi connectivity index (χ3n) is 9.81. The van der Waals surface area contributed by atoms with Crippen LogP contribution in [0.25, 0.3) is 0 Å². The predicted molar refractivity (Wildman–Crippen MR) is 174 cm³/mol. The largest absolute Gasteiger partial charge is 0.481 e. The fourth-order valence-electron chi connectivity index (χ4n) is 7.26. The maximum Gasteiger partial charge on any atom is 0.420 e. The third-order valence-corrected chi connectivity index (χ3v) is 14.5. The Hall–Kier alpha value is -4.33. The normalized spacial score (nSPS) is 21.3. The van der Waals surface area contributed by atoms with Crippen LogP contribution in [0.1, 0.15) is 57.1 Å². The quantitative estimate of drug-likeness (QED) is 0.0752. The van der Waals surface area contributed by atoms with Gasteiger partial charge in [-0.25, -0.2) is 4.79 Å². The molecule has 234 valence electrons. The van der Waals surface area contributed by atoms with E-state index in [1.807, 2.05) is 18.2 Å². The number of fused-ring (bicyclic) bond motifs is 1. The van der Waals surface area contributed by atoms with Crippen LogP contribution in [0, 0.1) is 28.4 Å². The average Bonchev–Trinajstić information content (AvgIpc) is 3.06. The van der Waals surface area contributed by atoms with E-state index < -0.39 is 25.4 Å². The summed E-state index contributed by atoms with van der Waals surface area (Å²) in [5.41, 5.74) is 1.93. The second kappa shape index (κ2) is 12.6. The Morgan fingerprint density at radius 1 is 1.09 bits per heavy atom. The summed E-state index contributed by atoms with van der Waals surface area (Å²) in [6.07, 6.45) is 8.21. The van der Waals surface area contributed by atoms with E-state index in [2.05, 4.69) is 26.7 Å². The van der Waals surface area contributed by atoms with Crippen molar-refractivity contribution in [2.45, 2.75) is 82.8 Å². The molecule has 0 saturated heterocycles. The van der Waals surface area contributed by atoms with Gasteiger partial charge in [-0.15, -0.1) is 6.42 Å². The van der Waals surface area contributed by atoms with Crippen molar-refractivity contribution < 1.29 is 28.4 Å². The Labute approximate surface area is 264 Å². The van der Waals surface area contributed by atoms with E-state index in [1.54, 1.807) is 41.3 Å². The zero-order valence-corrected chi connectivity index (χ0v) is 26.9. The van der Waals surface area contributed by atoms with Crippen LogP contribution >= 0.6 is 0 Å². The van der Waals surface area contributed by atoms with E-state index in [0.29, 0.717) is 34.2 Å². The van der Waals surface area contributed by atoms with Gasteiger partial charge in [-0.05, 0) is 49.2 Å². The molecule has 0 N–H and O–H groups in total. The van der Waals surface area contributed by atoms with E-state index in [4.69, 9.17) is 25.1 Å². The van der Waals surface area contributed by atoms with E-state index in [0.717, 1.165) is 43.0 Å². The highest BCUT2D eigenvalue weighted by Gasteiger charge is 2.53. The molecule has 0 radical (unpaired) electrons. The molecule has 1 amide bonds. The first-order valence-electron chi connectivity index (χ1n) is 15.8. The van der Waals surface area contributed by atoms with E-state index >= 15 is 0 Å². The standard InChI is InChI=1S/C35H38N2O7Si/c1-5-26-25-18-14-20-29(44-45(6-2,7-3)8-4)31(25)32-28(36(26)35(38)42-24-16-10-9-11-17-24)21-30-33(34(32)43-30)41-22-23-15-12-13-19-27(23)37(39)40/h1,9-13,15-17,19,21,25-26,29,31H,6-8,14,18,20,22H2,2-4H3. The lowest BCUT2D eigenvalue weighted by Crippen LogP contribution is -2.55. The minimum atomic E-state index is -2.01. The first-order valence-corrected chi connectivity index (χ1v) is 18.3. The molecule has 9 nitrogen and oxygen atoms in total. The van der Waals surface area contributed by atoms with E-state index in [-0.39, 0.29) is 30.2 Å². The summed E-state index contributed by atoms with van der Waals surface area (Å²) in [4.78, 5) is 26.7. The zero-order chi connectivity index (χ0) is 31.7. The van der Waals surface area contributed by atoms with Crippen LogP contribution in [0.15, 0.2) is 60.7 Å². The highest BCUT2D eigenvalue weighted by molar-refractivity contribution is 6.73. The van der Waals surface area contributed by atoms with E-state index in [1.165, 1.54) is 6.07 Å². The van der Waals surface area contributed by atoms with Crippen LogP contribution in [0.5, 0.6) is 23.0 Å². The first kappa shape index (κ1) is 30.7. The summed E-state index contributed by atoms with van der Waals surface area (Å²) < 4.78 is 25.5. The van der Waals surface area contributed by atoms with Crippen LogP contribution in [0.4, 0.5) is 16.2 Å². The summed E-state index contributed by atoms with van der Waals surface area (Å²) >= 11 is 0. The number of amides is 1. The van der Waals surface area contributed by atoms with Crippen molar-refractivity contribution in [2.75, 3.05) is 4.90 Å². The molecule has 3 heterocycles. The number of nitro groups is 1. The van der Waals surface area contributed by atoms with Crippen LogP contribution in [-0.2, 0) is 11.0 Å². The molecule has 45 heavy (non-hydrogen) atoms. The molecule has 1 fully saturated rings. The molecular formula is C35H38N2O7Si. The summed E-state index contributed by atoms with van der Waals surface area (Å²) in [5.74, 6) is 4.67. The SMILES string of the molecule is C#CC1C2CCCC(O[Si](CC)(CC)CC)C2c2c(cc3c(OCc4ccccc4[N+](=O)[O-])c2O3)N1C(=O)Oc1ccccc1. The van der Waals surface area contributed by atoms with Crippen LogP contribution in [0.3, 0.4) is 0 Å². The lowest BCUT2D eigenvalue weighted by atomic mass is 9.66. The lowest BCUT2D eigenvalue weighted by molar-refractivity contribution is -0.385. The Morgan fingerprint density at radius 2 is 1.80 bits per heavy atom. The van der Waals surface area contributed by atoms with Gasteiger partial charge in [0.1, 0.15) is 18.4 Å². The summed E-state index contributed by atoms with van der Waals surface area (Å²) in [7, 11) is -2.01. The summed E-state index contributed by atoms with van der Waals surface area (Å²) in [6, 6.07) is 19.8. The fourth-order valence-corrected chi connectivity index (χ4v) is 10.2. The smallest absolute Gasteiger partial charge is 0.420 e. The van der Waals surface area contributed by atoms with Gasteiger partial charge in [0.15, 0.2) is 19.8 Å². The van der Waals surface area contributed by atoms with Crippen molar-refractivity contribution >= 4 is 25.8 Å². The van der Waals surface area contributed by atoms with Gasteiger partial charge in [-0.2, -0.15) is 0 Å². The topological polar surface area (TPSA) is 100 Å². The van der Waals surface area contributed by atoms with Gasteiger partial charge in [0, 0.05) is 29.5 Å². The summed E-state index contributed by atoms with van der Waals surface area (Å²) in [6.45, 7) is 6.66. The van der Waals surface area contributed by atoms with Gasteiger partial charge in [-0.3, -0.25) is 15.0 Å². The van der Waals surface area contributed by atoms with Crippen LogP contribution < -0.4 is 19.1 Å². The van der Waals surface area contributed by atoms with Crippen molar-refractivity contribution in [2.24, 2.45) is 5.92 Å². The number of para-hydroxylation sites is 2. The Kier molecular flexibility index (Phi) is 8.58. The molecule has 4 aliphatic rings. The maximum absolute atomic E-state index is 13.9. The number of carbonyl (C=O) groups is 1. The Balaban J connectivity index is 1.44. The second-order valence-corrected chi connectivity index (χ2v) is 16.6. The number of hydrogen-bond acceptors (Lipinski definition) is 7. The minimum absolute atomic E-state index is 0.00238. The van der Waals surface area contributed by atoms with Crippen LogP contribution in [-0.4, -0.2) is 31.5 Å². The van der Waals surface area contributed by atoms with Crippen molar-refractivity contribution in [1.29, 1.82) is 0 Å². The van der Waals surface area contributed by atoms with Crippen LogP contribution in [0.2, 0.25) is 18.1 Å². The molecule has 0 spiro atoms. The van der Waals surface area contributed by atoms with Crippen molar-refractivity contribution in [3.8, 4) is 35.3 Å². The van der Waals surface area contributed by atoms with Crippen molar-refractivity contribution in [3.05, 3.63) is 81.9 Å². The lowest BCUT2D eigenvalue weighted by Gasteiger charge is -2.51. The van der Waals surface area contributed by atoms with Gasteiger partial charge in [0.25, 0.3) is 5.69 Å². The zero-order valence-electron chi connectivity index (χ0n) is 25.9. The molecule has 3 aliphatic heterocycles. The number of nitro benzene ring substituents is 1. The monoisotopic (exact) mass is 626 g/mol. The molecule has 10 heteroatoms. The number of rotatable bonds is 10. The molecule has 3 aromatic rings. The third kappa shape index (κ3) is 5.44. The molecule has 2 bridgehead atoms. The van der Waals surface area contributed by atoms with Gasteiger partial charge >= 0.3 is 6.09 Å². The molecule has 0 aromatic heterocycles. The minimum Gasteiger partial charge on any atom is -0.481 e. The number of hydrogen-bond donors (Lipinski definition) is 0. The van der Waals surface area contributed by atoms with Gasteiger partial charge in [-0.1, -0.05) is 63.4 Å². The number of anilines is 1. The van der Waals surface area contributed by atoms with Gasteiger partial charge in [0.2, 0.25) is 5.75 Å². The summed E-state index contributed by atoms with van der Waals surface area (Å²) in [5, 5.41) is 11.6. The van der Waals surface area contributed by atoms with Gasteiger partial charge < -0.3 is 18.6 Å². The number of benzene rings is 3. The number of ether oxygens (including phenoxy) is 3. The molecule has 7 rings (SSSR count). The molecule has 1 saturated carbocycles. The molecule has 1 aliphatic carbocycles. The molecule has 4 atom stereocenters.